The maximum absolute atomic E-state index is 13.0. The lowest BCUT2D eigenvalue weighted by Crippen LogP contribution is -2.32. The second-order valence-corrected chi connectivity index (χ2v) is 9.22. The Labute approximate surface area is 189 Å². The van der Waals surface area contributed by atoms with Crippen LogP contribution in [0.3, 0.4) is 0 Å². The lowest BCUT2D eigenvalue weighted by atomic mass is 9.93. The van der Waals surface area contributed by atoms with Gasteiger partial charge in [0.15, 0.2) is 0 Å². The second-order valence-electron chi connectivity index (χ2n) is 6.62. The highest BCUT2D eigenvalue weighted by Crippen LogP contribution is 2.39. The number of aryl methyl sites for hydroxylation is 1. The van der Waals surface area contributed by atoms with Crippen molar-refractivity contribution >= 4 is 69.6 Å². The predicted octanol–water partition coefficient (Wildman–Crippen LogP) is 5.80. The zero-order valence-electron chi connectivity index (χ0n) is 16.0. The Morgan fingerprint density at radius 2 is 1.79 bits per heavy atom. The molecule has 2 rings (SSSR count). The smallest absolute Gasteiger partial charge is 0.250 e. The van der Waals surface area contributed by atoms with E-state index in [1.807, 2.05) is 6.92 Å². The van der Waals surface area contributed by atoms with Gasteiger partial charge in [0.25, 0.3) is 0 Å². The van der Waals surface area contributed by atoms with Crippen LogP contribution in [0.5, 0.6) is 0 Å². The monoisotopic (exact) mass is 476 g/mol. The highest BCUT2D eigenvalue weighted by molar-refractivity contribution is 6.50. The number of carbonyl (C=O) groups is 2. The first-order valence-electron chi connectivity index (χ1n) is 8.55. The third-order valence-corrected chi connectivity index (χ3v) is 4.93. The van der Waals surface area contributed by atoms with Crippen molar-refractivity contribution in [2.75, 3.05) is 24.4 Å². The van der Waals surface area contributed by atoms with Crippen LogP contribution in [0.1, 0.15) is 24.0 Å². The predicted molar refractivity (Wildman–Crippen MR) is 120 cm³/mol. The van der Waals surface area contributed by atoms with Gasteiger partial charge in [-0.3, -0.25) is 9.59 Å². The summed E-state index contributed by atoms with van der Waals surface area (Å²) in [6, 6.07) is 9.92. The van der Waals surface area contributed by atoms with Crippen LogP contribution >= 0.6 is 46.4 Å². The van der Waals surface area contributed by atoms with Gasteiger partial charge < -0.3 is 15.4 Å². The lowest BCUT2D eigenvalue weighted by molar-refractivity contribution is -0.119. The van der Waals surface area contributed by atoms with Crippen molar-refractivity contribution in [1.29, 1.82) is 0 Å². The van der Waals surface area contributed by atoms with E-state index in [0.717, 1.165) is 5.56 Å². The fourth-order valence-electron chi connectivity index (χ4n) is 2.84. The zero-order chi connectivity index (χ0) is 21.8. The van der Waals surface area contributed by atoms with Crippen LogP contribution in [0.2, 0.25) is 10.0 Å². The molecule has 0 saturated heterocycles. The van der Waals surface area contributed by atoms with E-state index in [-0.39, 0.29) is 12.5 Å². The van der Waals surface area contributed by atoms with Gasteiger partial charge in [-0.1, -0.05) is 29.3 Å². The third-order valence-electron chi connectivity index (χ3n) is 3.95. The Kier molecular flexibility index (Phi) is 8.20. The molecule has 2 aromatic carbocycles. The van der Waals surface area contributed by atoms with Gasteiger partial charge in [0.2, 0.25) is 11.8 Å². The number of methoxy groups -OCH3 is 1. The molecule has 0 spiro atoms. The summed E-state index contributed by atoms with van der Waals surface area (Å²) < 4.78 is 3.38. The molecule has 0 aliphatic rings. The topological polar surface area (TPSA) is 67.4 Å². The Morgan fingerprint density at radius 3 is 2.38 bits per heavy atom. The number of anilines is 2. The van der Waals surface area contributed by atoms with E-state index in [1.54, 1.807) is 30.3 Å². The van der Waals surface area contributed by atoms with Gasteiger partial charge in [-0.25, -0.2) is 0 Å². The molecule has 1 atom stereocenters. The van der Waals surface area contributed by atoms with Gasteiger partial charge >= 0.3 is 0 Å². The number of amides is 2. The van der Waals surface area contributed by atoms with Gasteiger partial charge in [-0.05, 0) is 55.3 Å². The van der Waals surface area contributed by atoms with E-state index in [9.17, 15) is 9.59 Å². The van der Waals surface area contributed by atoms with Crippen LogP contribution in [0, 0.1) is 6.92 Å². The summed E-state index contributed by atoms with van der Waals surface area (Å²) in [7, 11) is 1.41. The van der Waals surface area contributed by atoms with Crippen molar-refractivity contribution in [2.45, 2.75) is 24.1 Å². The lowest BCUT2D eigenvalue weighted by Gasteiger charge is -2.26. The fourth-order valence-corrected chi connectivity index (χ4v) is 3.75. The molecule has 0 bridgehead atoms. The van der Waals surface area contributed by atoms with E-state index in [1.165, 1.54) is 20.1 Å². The summed E-state index contributed by atoms with van der Waals surface area (Å²) in [6.45, 7) is 3.27. The number of alkyl halides is 2. The number of hydrogen-bond acceptors (Lipinski definition) is 3. The summed E-state index contributed by atoms with van der Waals surface area (Å²) in [5.74, 6) is -1.71. The molecule has 29 heavy (non-hydrogen) atoms. The van der Waals surface area contributed by atoms with Crippen LogP contribution in [0.15, 0.2) is 36.4 Å². The number of halogens is 4. The van der Waals surface area contributed by atoms with Crippen molar-refractivity contribution in [1.82, 2.24) is 0 Å². The van der Waals surface area contributed by atoms with Crippen LogP contribution in [0.4, 0.5) is 11.4 Å². The van der Waals surface area contributed by atoms with E-state index in [4.69, 9.17) is 51.1 Å². The number of carbonyl (C=O) groups excluding carboxylic acids is 2. The first kappa shape index (κ1) is 23.8. The molecule has 5 nitrogen and oxygen atoms in total. The molecule has 0 aliphatic carbocycles. The highest BCUT2D eigenvalue weighted by atomic mass is 35.5. The Bertz CT molecular complexity index is 893. The molecule has 1 unspecified atom stereocenters. The van der Waals surface area contributed by atoms with Crippen molar-refractivity contribution in [3.05, 3.63) is 57.6 Å². The number of nitrogens with one attached hydrogen (secondary N) is 2. The molecule has 0 aromatic heterocycles. The molecule has 0 fully saturated rings. The van der Waals surface area contributed by atoms with Crippen molar-refractivity contribution in [3.63, 3.8) is 0 Å². The quantitative estimate of drug-likeness (QED) is 0.495. The molecule has 9 heteroatoms. The molecule has 2 aromatic rings. The summed E-state index contributed by atoms with van der Waals surface area (Å²) >= 11 is 24.9. The van der Waals surface area contributed by atoms with E-state index >= 15 is 0 Å². The Morgan fingerprint density at radius 1 is 1.10 bits per heavy atom. The second kappa shape index (κ2) is 10.0. The van der Waals surface area contributed by atoms with Crippen LogP contribution in [-0.2, 0) is 14.3 Å². The molecule has 0 aliphatic heterocycles. The summed E-state index contributed by atoms with van der Waals surface area (Å²) in [5.41, 5.74) is 2.20. The zero-order valence-corrected chi connectivity index (χ0v) is 19.0. The Balaban J connectivity index is 2.31. The minimum absolute atomic E-state index is 0.125. The van der Waals surface area contributed by atoms with Gasteiger partial charge in [-0.15, -0.1) is 23.2 Å². The third kappa shape index (κ3) is 6.76. The molecule has 0 heterocycles. The molecule has 2 N–H and O–H groups in total. The SMILES string of the molecule is COCC(=O)Nc1cc(NC(=O)C(c2cc(C)cc(Cl)c2)C(C)(Cl)Cl)ccc1Cl. The minimum atomic E-state index is -1.40. The Hall–Kier alpha value is -1.50. The molecule has 156 valence electrons. The molecule has 0 saturated carbocycles. The standard InChI is InChI=1S/C20H20Cl4N2O3/c1-11-6-12(8-13(21)7-11)18(20(2,23)24)19(28)25-14-4-5-15(22)16(9-14)26-17(27)10-29-3/h4-9,18H,10H2,1-3H3,(H,25,28)(H,26,27). The van der Waals surface area contributed by atoms with Crippen LogP contribution in [0.25, 0.3) is 0 Å². The molecular weight excluding hydrogens is 458 g/mol. The van der Waals surface area contributed by atoms with Gasteiger partial charge in [-0.2, -0.15) is 0 Å². The average Bonchev–Trinajstić information content (AvgIpc) is 2.56. The van der Waals surface area contributed by atoms with Crippen LogP contribution < -0.4 is 10.6 Å². The first-order valence-corrected chi connectivity index (χ1v) is 10.1. The number of ether oxygens (including phenoxy) is 1. The van der Waals surface area contributed by atoms with E-state index < -0.39 is 16.2 Å². The number of benzene rings is 2. The normalized spacial score (nSPS) is 12.4. The van der Waals surface area contributed by atoms with E-state index in [0.29, 0.717) is 27.0 Å². The summed E-state index contributed by atoms with van der Waals surface area (Å²) in [5, 5.41) is 6.17. The van der Waals surface area contributed by atoms with Crippen LogP contribution in [-0.4, -0.2) is 29.9 Å². The highest BCUT2D eigenvalue weighted by Gasteiger charge is 2.37. The minimum Gasteiger partial charge on any atom is -0.375 e. The molecule has 2 amide bonds. The van der Waals surface area contributed by atoms with Crippen molar-refractivity contribution < 1.29 is 14.3 Å². The maximum Gasteiger partial charge on any atom is 0.250 e. The van der Waals surface area contributed by atoms with Gasteiger partial charge in [0, 0.05) is 17.8 Å². The van der Waals surface area contributed by atoms with E-state index in [2.05, 4.69) is 10.6 Å². The van der Waals surface area contributed by atoms with Crippen molar-refractivity contribution in [3.8, 4) is 0 Å². The fraction of sp³-hybridized carbons (Fsp3) is 0.300. The van der Waals surface area contributed by atoms with Gasteiger partial charge in [0.05, 0.1) is 16.6 Å². The summed E-state index contributed by atoms with van der Waals surface area (Å²) in [4.78, 5) is 24.8. The molecular formula is C20H20Cl4N2O3. The van der Waals surface area contributed by atoms with Gasteiger partial charge in [0.1, 0.15) is 10.9 Å². The average molecular weight is 478 g/mol. The molecule has 0 radical (unpaired) electrons. The van der Waals surface area contributed by atoms with Crippen molar-refractivity contribution in [2.24, 2.45) is 0 Å². The largest absolute Gasteiger partial charge is 0.375 e. The summed E-state index contributed by atoms with van der Waals surface area (Å²) in [6.07, 6.45) is 0. The first-order chi connectivity index (χ1) is 13.5. The number of hydrogen-bond donors (Lipinski definition) is 2. The maximum atomic E-state index is 13.0. The number of rotatable bonds is 7.